The van der Waals surface area contributed by atoms with Gasteiger partial charge in [-0.3, -0.25) is 0 Å². The normalized spacial score (nSPS) is 30.1. The van der Waals surface area contributed by atoms with Crippen LogP contribution in [0.2, 0.25) is 0 Å². The van der Waals surface area contributed by atoms with Crippen molar-refractivity contribution in [2.45, 2.75) is 46.1 Å². The lowest BCUT2D eigenvalue weighted by Crippen LogP contribution is -2.47. The van der Waals surface area contributed by atoms with E-state index in [-0.39, 0.29) is 5.54 Å². The third-order valence-electron chi connectivity index (χ3n) is 3.60. The van der Waals surface area contributed by atoms with Gasteiger partial charge in [-0.25, -0.2) is 0 Å². The minimum Gasteiger partial charge on any atom is -0.315 e. The molecule has 0 saturated carbocycles. The molecule has 0 amide bonds. The van der Waals surface area contributed by atoms with E-state index in [2.05, 4.69) is 46.1 Å². The van der Waals surface area contributed by atoms with Crippen molar-refractivity contribution in [2.24, 2.45) is 11.8 Å². The second-order valence-electron chi connectivity index (χ2n) is 4.99. The predicted octanol–water partition coefficient (Wildman–Crippen LogP) is 2.98. The molecule has 2 unspecified atom stereocenters. The van der Waals surface area contributed by atoms with Crippen LogP contribution in [0.25, 0.3) is 0 Å². The molecule has 1 heteroatoms. The number of nitrogens with one attached hydrogen (secondary N) is 1. The van der Waals surface area contributed by atoms with Crippen molar-refractivity contribution < 1.29 is 0 Å². The van der Waals surface area contributed by atoms with Crippen LogP contribution in [0, 0.1) is 11.8 Å². The van der Waals surface area contributed by atoms with E-state index in [1.54, 1.807) is 5.57 Å². The van der Waals surface area contributed by atoms with Crippen molar-refractivity contribution in [2.75, 3.05) is 7.05 Å². The summed E-state index contributed by atoms with van der Waals surface area (Å²) in [6.45, 7) is 9.21. The molecule has 0 aliphatic heterocycles. The van der Waals surface area contributed by atoms with Gasteiger partial charge < -0.3 is 5.32 Å². The summed E-state index contributed by atoms with van der Waals surface area (Å²) < 4.78 is 0. The van der Waals surface area contributed by atoms with E-state index in [1.807, 2.05) is 0 Å². The summed E-state index contributed by atoms with van der Waals surface area (Å²) in [5.41, 5.74) is 1.84. The second kappa shape index (κ2) is 3.83. The number of hydrogen-bond donors (Lipinski definition) is 1. The Balaban J connectivity index is 2.73. The van der Waals surface area contributed by atoms with Gasteiger partial charge in [-0.1, -0.05) is 18.6 Å². The van der Waals surface area contributed by atoms with Crippen LogP contribution in [0.3, 0.4) is 0 Å². The molecule has 76 valence electrons. The first kappa shape index (κ1) is 10.8. The maximum Gasteiger partial charge on any atom is 0.0155 e. The lowest BCUT2D eigenvalue weighted by atomic mass is 9.72. The van der Waals surface area contributed by atoms with Gasteiger partial charge >= 0.3 is 0 Å². The van der Waals surface area contributed by atoms with E-state index in [0.717, 1.165) is 11.8 Å². The van der Waals surface area contributed by atoms with Crippen LogP contribution >= 0.6 is 0 Å². The minimum atomic E-state index is 0.274. The second-order valence-corrected chi connectivity index (χ2v) is 4.99. The Kier molecular flexibility index (Phi) is 3.18. The van der Waals surface area contributed by atoms with Gasteiger partial charge in [0.2, 0.25) is 0 Å². The van der Waals surface area contributed by atoms with Crippen LogP contribution in [0.4, 0.5) is 0 Å². The molecular formula is C12H23N. The molecule has 0 saturated heterocycles. The Labute approximate surface area is 82.6 Å². The van der Waals surface area contributed by atoms with E-state index < -0.39 is 0 Å². The van der Waals surface area contributed by atoms with Crippen molar-refractivity contribution in [1.29, 1.82) is 0 Å². The SMILES string of the molecule is CNC(C)(C)C1CCC(C)=CC1C. The summed E-state index contributed by atoms with van der Waals surface area (Å²) in [5, 5.41) is 3.43. The average molecular weight is 181 g/mol. The molecule has 0 aromatic heterocycles. The standard InChI is InChI=1S/C12H23N/c1-9-6-7-11(10(2)8-9)12(3,4)13-5/h8,10-11,13H,6-7H2,1-5H3. The zero-order chi connectivity index (χ0) is 10.1. The highest BCUT2D eigenvalue weighted by Crippen LogP contribution is 2.35. The molecule has 0 radical (unpaired) electrons. The monoisotopic (exact) mass is 181 g/mol. The summed E-state index contributed by atoms with van der Waals surface area (Å²) in [6.07, 6.45) is 5.05. The fraction of sp³-hybridized carbons (Fsp3) is 0.833. The fourth-order valence-electron chi connectivity index (χ4n) is 2.50. The number of allylic oxidation sites excluding steroid dienone is 2. The number of hydrogen-bond acceptors (Lipinski definition) is 1. The van der Waals surface area contributed by atoms with E-state index in [4.69, 9.17) is 0 Å². The van der Waals surface area contributed by atoms with Crippen molar-refractivity contribution in [1.82, 2.24) is 5.32 Å². The summed E-state index contributed by atoms with van der Waals surface area (Å²) in [6, 6.07) is 0. The van der Waals surface area contributed by atoms with Gasteiger partial charge in [-0.2, -0.15) is 0 Å². The maximum atomic E-state index is 3.43. The molecule has 1 rings (SSSR count). The van der Waals surface area contributed by atoms with Gasteiger partial charge in [0, 0.05) is 5.54 Å². The number of rotatable bonds is 2. The molecular weight excluding hydrogens is 158 g/mol. The molecule has 0 spiro atoms. The van der Waals surface area contributed by atoms with Crippen molar-refractivity contribution in [3.63, 3.8) is 0 Å². The molecule has 2 atom stereocenters. The van der Waals surface area contributed by atoms with Gasteiger partial charge in [0.25, 0.3) is 0 Å². The lowest BCUT2D eigenvalue weighted by Gasteiger charge is -2.40. The Morgan fingerprint density at radius 3 is 2.54 bits per heavy atom. The van der Waals surface area contributed by atoms with Gasteiger partial charge in [0.05, 0.1) is 0 Å². The molecule has 1 aliphatic carbocycles. The van der Waals surface area contributed by atoms with Crippen LogP contribution in [0.15, 0.2) is 11.6 Å². The Bertz CT molecular complexity index is 203. The van der Waals surface area contributed by atoms with Crippen molar-refractivity contribution in [3.8, 4) is 0 Å². The highest BCUT2D eigenvalue weighted by Gasteiger charge is 2.32. The van der Waals surface area contributed by atoms with Crippen molar-refractivity contribution >= 4 is 0 Å². The third kappa shape index (κ3) is 2.34. The molecule has 0 aromatic carbocycles. The topological polar surface area (TPSA) is 12.0 Å². The molecule has 1 N–H and O–H groups in total. The molecule has 0 fully saturated rings. The molecule has 13 heavy (non-hydrogen) atoms. The molecule has 0 bridgehead atoms. The summed E-state index contributed by atoms with van der Waals surface area (Å²) in [7, 11) is 2.07. The fourth-order valence-corrected chi connectivity index (χ4v) is 2.50. The van der Waals surface area contributed by atoms with Gasteiger partial charge in [-0.15, -0.1) is 0 Å². The molecule has 0 aromatic rings. The smallest absolute Gasteiger partial charge is 0.0155 e. The Morgan fingerprint density at radius 2 is 2.08 bits per heavy atom. The van der Waals surface area contributed by atoms with Crippen LogP contribution in [0.5, 0.6) is 0 Å². The van der Waals surface area contributed by atoms with Crippen molar-refractivity contribution in [3.05, 3.63) is 11.6 Å². The third-order valence-corrected chi connectivity index (χ3v) is 3.60. The van der Waals surface area contributed by atoms with Crippen LogP contribution in [-0.2, 0) is 0 Å². The Hall–Kier alpha value is -0.300. The van der Waals surface area contributed by atoms with Gasteiger partial charge in [0.15, 0.2) is 0 Å². The minimum absolute atomic E-state index is 0.274. The molecule has 1 aliphatic rings. The summed E-state index contributed by atoms with van der Waals surface area (Å²) in [4.78, 5) is 0. The Morgan fingerprint density at radius 1 is 1.46 bits per heavy atom. The van der Waals surface area contributed by atoms with Gasteiger partial charge in [-0.05, 0) is 52.5 Å². The first-order valence-corrected chi connectivity index (χ1v) is 5.33. The zero-order valence-electron chi connectivity index (χ0n) is 9.65. The highest BCUT2D eigenvalue weighted by molar-refractivity contribution is 5.09. The first-order valence-electron chi connectivity index (χ1n) is 5.33. The van der Waals surface area contributed by atoms with E-state index in [9.17, 15) is 0 Å². The highest BCUT2D eigenvalue weighted by atomic mass is 14.9. The molecule has 0 heterocycles. The van der Waals surface area contributed by atoms with Crippen LogP contribution in [-0.4, -0.2) is 12.6 Å². The van der Waals surface area contributed by atoms with Crippen LogP contribution < -0.4 is 5.32 Å². The average Bonchev–Trinajstić information content (AvgIpc) is 2.03. The summed E-state index contributed by atoms with van der Waals surface area (Å²) in [5.74, 6) is 1.50. The van der Waals surface area contributed by atoms with E-state index in [0.29, 0.717) is 0 Å². The summed E-state index contributed by atoms with van der Waals surface area (Å²) >= 11 is 0. The molecule has 1 nitrogen and oxygen atoms in total. The quantitative estimate of drug-likeness (QED) is 0.646. The predicted molar refractivity (Wildman–Crippen MR) is 58.8 cm³/mol. The van der Waals surface area contributed by atoms with Gasteiger partial charge in [0.1, 0.15) is 0 Å². The maximum absolute atomic E-state index is 3.43. The van der Waals surface area contributed by atoms with Crippen LogP contribution in [0.1, 0.15) is 40.5 Å². The van der Waals surface area contributed by atoms with E-state index in [1.165, 1.54) is 12.8 Å². The first-order chi connectivity index (χ1) is 5.97. The zero-order valence-corrected chi connectivity index (χ0v) is 9.65. The lowest BCUT2D eigenvalue weighted by molar-refractivity contribution is 0.200. The largest absolute Gasteiger partial charge is 0.315 e. The van der Waals surface area contributed by atoms with E-state index >= 15 is 0 Å².